The molecule has 0 unspecified atom stereocenters. The summed E-state index contributed by atoms with van der Waals surface area (Å²) >= 11 is 1.22. The summed E-state index contributed by atoms with van der Waals surface area (Å²) in [6.45, 7) is 0. The molecular weight excluding hydrogens is 242 g/mol. The van der Waals surface area contributed by atoms with Crippen LogP contribution in [0.3, 0.4) is 0 Å². The normalized spacial score (nSPS) is 15.2. The van der Waals surface area contributed by atoms with E-state index in [2.05, 4.69) is 4.99 Å². The Kier molecular flexibility index (Phi) is 2.66. The minimum Gasteiger partial charge on any atom is -0.384 e. The van der Waals surface area contributed by atoms with Crippen molar-refractivity contribution >= 4 is 28.5 Å². The highest BCUT2D eigenvalue weighted by atomic mass is 32.2. The van der Waals surface area contributed by atoms with E-state index in [1.54, 1.807) is 0 Å². The van der Waals surface area contributed by atoms with Crippen molar-refractivity contribution in [1.82, 2.24) is 9.13 Å². The molecule has 0 bridgehead atoms. The molecule has 0 amide bonds. The Bertz CT molecular complexity index is 655. The fourth-order valence-corrected chi connectivity index (χ4v) is 2.24. The molecule has 0 atom stereocenters. The molecule has 0 fully saturated rings. The first kappa shape index (κ1) is 11.6. The number of aromatic nitrogens is 2. The van der Waals surface area contributed by atoms with Gasteiger partial charge in [-0.25, -0.2) is 9.79 Å². The SMILES string of the molecule is Cn1c(N)c(C2=NC(=N)SC2)c(=O)n(C)c1=O. The lowest BCUT2D eigenvalue weighted by Crippen LogP contribution is -2.41. The van der Waals surface area contributed by atoms with E-state index in [1.807, 2.05) is 0 Å². The summed E-state index contributed by atoms with van der Waals surface area (Å²) in [6.07, 6.45) is 0. The van der Waals surface area contributed by atoms with Crippen LogP contribution in [0, 0.1) is 5.41 Å². The van der Waals surface area contributed by atoms with Crippen molar-refractivity contribution in [2.75, 3.05) is 11.5 Å². The van der Waals surface area contributed by atoms with Crippen LogP contribution in [0.5, 0.6) is 0 Å². The molecule has 0 spiro atoms. The van der Waals surface area contributed by atoms with E-state index >= 15 is 0 Å². The maximum Gasteiger partial charge on any atom is 0.332 e. The second-order valence-corrected chi connectivity index (χ2v) is 4.58. The Morgan fingerprint density at radius 1 is 1.35 bits per heavy atom. The Morgan fingerprint density at radius 3 is 2.53 bits per heavy atom. The van der Waals surface area contributed by atoms with Gasteiger partial charge < -0.3 is 5.73 Å². The Morgan fingerprint density at radius 2 is 2.00 bits per heavy atom. The Labute approximate surface area is 100 Å². The molecule has 0 saturated heterocycles. The number of nitrogens with zero attached hydrogens (tertiary/aromatic N) is 3. The molecular formula is C9H11N5O2S. The van der Waals surface area contributed by atoms with Crippen molar-refractivity contribution in [3.8, 4) is 0 Å². The molecule has 1 aliphatic heterocycles. The van der Waals surface area contributed by atoms with Gasteiger partial charge in [0.1, 0.15) is 11.4 Å². The molecule has 1 aliphatic rings. The highest BCUT2D eigenvalue weighted by molar-refractivity contribution is 8.14. The van der Waals surface area contributed by atoms with E-state index in [0.29, 0.717) is 11.5 Å². The second-order valence-electron chi connectivity index (χ2n) is 3.62. The third-order valence-electron chi connectivity index (χ3n) is 2.58. The van der Waals surface area contributed by atoms with Gasteiger partial charge in [-0.05, 0) is 0 Å². The average molecular weight is 253 g/mol. The van der Waals surface area contributed by atoms with Crippen molar-refractivity contribution in [2.45, 2.75) is 0 Å². The zero-order chi connectivity index (χ0) is 12.7. The number of anilines is 1. The summed E-state index contributed by atoms with van der Waals surface area (Å²) in [6, 6.07) is 0. The largest absolute Gasteiger partial charge is 0.384 e. The molecule has 1 aromatic heterocycles. The first-order valence-corrected chi connectivity index (χ1v) is 5.76. The van der Waals surface area contributed by atoms with Crippen LogP contribution in [0.2, 0.25) is 0 Å². The quantitative estimate of drug-likeness (QED) is 0.679. The van der Waals surface area contributed by atoms with Gasteiger partial charge in [0, 0.05) is 19.8 Å². The van der Waals surface area contributed by atoms with Gasteiger partial charge in [-0.1, -0.05) is 11.8 Å². The monoisotopic (exact) mass is 253 g/mol. The summed E-state index contributed by atoms with van der Waals surface area (Å²) in [5, 5.41) is 7.52. The molecule has 1 aromatic rings. The fraction of sp³-hybridized carbons (Fsp3) is 0.333. The number of amidine groups is 1. The van der Waals surface area contributed by atoms with Gasteiger partial charge in [0.15, 0.2) is 5.17 Å². The fourth-order valence-electron chi connectivity index (χ4n) is 1.58. The van der Waals surface area contributed by atoms with Crippen LogP contribution in [0.1, 0.15) is 5.56 Å². The molecule has 3 N–H and O–H groups in total. The lowest BCUT2D eigenvalue weighted by molar-refractivity contribution is 0.692. The van der Waals surface area contributed by atoms with Crippen molar-refractivity contribution in [2.24, 2.45) is 19.1 Å². The van der Waals surface area contributed by atoms with Crippen molar-refractivity contribution < 1.29 is 0 Å². The maximum atomic E-state index is 12.0. The zero-order valence-corrected chi connectivity index (χ0v) is 10.2. The van der Waals surface area contributed by atoms with Crippen LogP contribution in [-0.2, 0) is 14.1 Å². The standard InChI is InChI=1S/C9H11N5O2S/c1-13-6(10)5(4-3-17-8(11)12-4)7(15)14(2)9(13)16/h11H,3,10H2,1-2H3. The van der Waals surface area contributed by atoms with Crippen LogP contribution in [0.4, 0.5) is 5.82 Å². The minimum atomic E-state index is -0.474. The molecule has 0 saturated carbocycles. The van der Waals surface area contributed by atoms with Crippen molar-refractivity contribution in [1.29, 1.82) is 5.41 Å². The number of nitrogens with one attached hydrogen (secondary N) is 1. The van der Waals surface area contributed by atoms with Crippen LogP contribution in [0.15, 0.2) is 14.6 Å². The average Bonchev–Trinajstić information content (AvgIpc) is 2.71. The van der Waals surface area contributed by atoms with Gasteiger partial charge in [-0.3, -0.25) is 19.3 Å². The zero-order valence-electron chi connectivity index (χ0n) is 9.35. The molecule has 0 radical (unpaired) electrons. The first-order valence-electron chi connectivity index (χ1n) is 4.78. The number of hydrogen-bond donors (Lipinski definition) is 2. The van der Waals surface area contributed by atoms with Crippen molar-refractivity contribution in [3.05, 3.63) is 26.4 Å². The molecule has 17 heavy (non-hydrogen) atoms. The topological polar surface area (TPSA) is 106 Å². The molecule has 90 valence electrons. The van der Waals surface area contributed by atoms with Crippen LogP contribution in [-0.4, -0.2) is 25.8 Å². The molecule has 0 aromatic carbocycles. The van der Waals surface area contributed by atoms with E-state index in [-0.39, 0.29) is 16.5 Å². The Hall–Kier alpha value is -1.83. The molecule has 8 heteroatoms. The summed E-state index contributed by atoms with van der Waals surface area (Å²) in [5.41, 5.74) is 5.49. The van der Waals surface area contributed by atoms with Gasteiger partial charge in [0.2, 0.25) is 0 Å². The highest BCUT2D eigenvalue weighted by Crippen LogP contribution is 2.18. The first-order chi connectivity index (χ1) is 7.93. The highest BCUT2D eigenvalue weighted by Gasteiger charge is 2.22. The van der Waals surface area contributed by atoms with Gasteiger partial charge >= 0.3 is 5.69 Å². The predicted octanol–water partition coefficient (Wildman–Crippen LogP) is -0.863. The smallest absolute Gasteiger partial charge is 0.332 e. The number of thioether (sulfide) groups is 1. The molecule has 0 aliphatic carbocycles. The lowest BCUT2D eigenvalue weighted by atomic mass is 10.2. The van der Waals surface area contributed by atoms with E-state index in [1.165, 1.54) is 30.4 Å². The van der Waals surface area contributed by atoms with E-state index in [9.17, 15) is 9.59 Å². The van der Waals surface area contributed by atoms with Gasteiger partial charge in [0.05, 0.1) is 5.71 Å². The third kappa shape index (κ3) is 1.70. The van der Waals surface area contributed by atoms with Gasteiger partial charge in [-0.2, -0.15) is 0 Å². The van der Waals surface area contributed by atoms with E-state index in [4.69, 9.17) is 11.1 Å². The summed E-state index contributed by atoms with van der Waals surface area (Å²) in [4.78, 5) is 27.5. The van der Waals surface area contributed by atoms with E-state index < -0.39 is 11.2 Å². The summed E-state index contributed by atoms with van der Waals surface area (Å²) in [5.74, 6) is 0.517. The summed E-state index contributed by atoms with van der Waals surface area (Å²) < 4.78 is 2.19. The third-order valence-corrected chi connectivity index (χ3v) is 3.36. The molecule has 7 nitrogen and oxygen atoms in total. The summed E-state index contributed by atoms with van der Waals surface area (Å²) in [7, 11) is 2.89. The number of nitrogen functional groups attached to an aromatic ring is 1. The van der Waals surface area contributed by atoms with Crippen LogP contribution in [0.25, 0.3) is 0 Å². The molecule has 2 rings (SSSR count). The van der Waals surface area contributed by atoms with Crippen LogP contribution >= 0.6 is 11.8 Å². The number of nitrogens with two attached hydrogens (primary N) is 1. The van der Waals surface area contributed by atoms with E-state index in [0.717, 1.165) is 4.57 Å². The molecule has 2 heterocycles. The van der Waals surface area contributed by atoms with Gasteiger partial charge in [0.25, 0.3) is 5.56 Å². The van der Waals surface area contributed by atoms with Crippen LogP contribution < -0.4 is 17.0 Å². The number of rotatable bonds is 1. The van der Waals surface area contributed by atoms with Crippen molar-refractivity contribution in [3.63, 3.8) is 0 Å². The maximum absolute atomic E-state index is 12.0. The Balaban J connectivity index is 2.80. The second kappa shape index (κ2) is 3.88. The number of hydrogen-bond acceptors (Lipinski definition) is 5. The minimum absolute atomic E-state index is 0.0900. The number of aliphatic imine (C=N–C) groups is 1. The van der Waals surface area contributed by atoms with Gasteiger partial charge in [-0.15, -0.1) is 0 Å². The lowest BCUT2D eigenvalue weighted by Gasteiger charge is -2.10. The predicted molar refractivity (Wildman–Crippen MR) is 68.1 cm³/mol.